The zero-order valence-corrected chi connectivity index (χ0v) is 9.78. The first kappa shape index (κ1) is 14.1. The Morgan fingerprint density at radius 1 is 1.35 bits per heavy atom. The van der Waals surface area contributed by atoms with Gasteiger partial charge in [-0.2, -0.15) is 13.2 Å². The molecule has 0 heterocycles. The summed E-state index contributed by atoms with van der Waals surface area (Å²) in [5.74, 6) is -0.363. The molecule has 6 heteroatoms. The minimum Gasteiger partial charge on any atom is -0.497 e. The van der Waals surface area contributed by atoms with Gasteiger partial charge in [-0.25, -0.2) is 4.39 Å². The maximum Gasteiger partial charge on any atom is 0.389 e. The van der Waals surface area contributed by atoms with Gasteiger partial charge in [0, 0.05) is 18.1 Å². The number of alkyl halides is 4. The normalized spacial score (nSPS) is 13.5. The Morgan fingerprint density at radius 2 is 2.00 bits per heavy atom. The highest BCUT2D eigenvalue weighted by molar-refractivity contribution is 6.20. The van der Waals surface area contributed by atoms with Crippen LogP contribution in [0.5, 0.6) is 5.75 Å². The molecule has 0 aromatic heterocycles. The van der Waals surface area contributed by atoms with Crippen LogP contribution in [-0.4, -0.2) is 13.3 Å². The quantitative estimate of drug-likeness (QED) is 0.580. The van der Waals surface area contributed by atoms with E-state index in [4.69, 9.17) is 16.3 Å². The highest BCUT2D eigenvalue weighted by atomic mass is 35.5. The van der Waals surface area contributed by atoms with Gasteiger partial charge in [-0.1, -0.05) is 6.07 Å². The molecule has 1 aromatic rings. The smallest absolute Gasteiger partial charge is 0.389 e. The van der Waals surface area contributed by atoms with Gasteiger partial charge in [0.2, 0.25) is 0 Å². The van der Waals surface area contributed by atoms with Crippen molar-refractivity contribution in [2.24, 2.45) is 0 Å². The van der Waals surface area contributed by atoms with E-state index in [1.165, 1.54) is 19.2 Å². The fraction of sp³-hybridized carbons (Fsp3) is 0.455. The van der Waals surface area contributed by atoms with Crippen molar-refractivity contribution in [1.29, 1.82) is 0 Å². The van der Waals surface area contributed by atoms with Gasteiger partial charge in [0.05, 0.1) is 12.5 Å². The van der Waals surface area contributed by atoms with Gasteiger partial charge in [0.25, 0.3) is 0 Å². The second kappa shape index (κ2) is 5.58. The first-order chi connectivity index (χ1) is 7.83. The summed E-state index contributed by atoms with van der Waals surface area (Å²) in [6.45, 7) is 0. The summed E-state index contributed by atoms with van der Waals surface area (Å²) in [4.78, 5) is 0. The molecule has 0 fully saturated rings. The molecular weight excluding hydrogens is 260 g/mol. The van der Waals surface area contributed by atoms with Crippen LogP contribution in [0.2, 0.25) is 0 Å². The van der Waals surface area contributed by atoms with Crippen molar-refractivity contribution in [2.75, 3.05) is 7.11 Å². The maximum absolute atomic E-state index is 13.5. The molecule has 0 aliphatic heterocycles. The SMILES string of the molecule is COc1ccc(C(Cl)CCC(F)(F)F)c(F)c1. The Labute approximate surface area is 101 Å². The van der Waals surface area contributed by atoms with Gasteiger partial charge < -0.3 is 4.74 Å². The lowest BCUT2D eigenvalue weighted by Crippen LogP contribution is -2.08. The highest BCUT2D eigenvalue weighted by Crippen LogP contribution is 2.33. The van der Waals surface area contributed by atoms with Crippen LogP contribution in [0.4, 0.5) is 17.6 Å². The van der Waals surface area contributed by atoms with Crippen LogP contribution in [0.25, 0.3) is 0 Å². The molecule has 1 aromatic carbocycles. The minimum absolute atomic E-state index is 0.0525. The van der Waals surface area contributed by atoms with Gasteiger partial charge in [-0.05, 0) is 12.5 Å². The molecule has 1 rings (SSSR count). The third-order valence-corrected chi connectivity index (χ3v) is 2.68. The summed E-state index contributed by atoms with van der Waals surface area (Å²) in [5, 5.41) is -0.998. The average molecular weight is 271 g/mol. The Hall–Kier alpha value is -0.970. The lowest BCUT2D eigenvalue weighted by Gasteiger charge is -2.13. The van der Waals surface area contributed by atoms with E-state index >= 15 is 0 Å². The second-order valence-corrected chi connectivity index (χ2v) is 4.04. The van der Waals surface area contributed by atoms with Gasteiger partial charge >= 0.3 is 6.18 Å². The molecule has 0 saturated heterocycles. The number of rotatable bonds is 4. The van der Waals surface area contributed by atoms with Crippen LogP contribution in [0.15, 0.2) is 18.2 Å². The Morgan fingerprint density at radius 3 is 2.47 bits per heavy atom. The summed E-state index contributed by atoms with van der Waals surface area (Å²) in [6.07, 6.45) is -5.67. The molecule has 0 bridgehead atoms. The van der Waals surface area contributed by atoms with Crippen LogP contribution in [-0.2, 0) is 0 Å². The summed E-state index contributed by atoms with van der Waals surface area (Å²) in [7, 11) is 1.37. The van der Waals surface area contributed by atoms with Crippen molar-refractivity contribution in [1.82, 2.24) is 0 Å². The second-order valence-electron chi connectivity index (χ2n) is 3.51. The van der Waals surface area contributed by atoms with E-state index in [2.05, 4.69) is 0 Å². The summed E-state index contributed by atoms with van der Waals surface area (Å²) >= 11 is 5.73. The predicted molar refractivity (Wildman–Crippen MR) is 56.8 cm³/mol. The van der Waals surface area contributed by atoms with Crippen LogP contribution in [0, 0.1) is 5.82 Å². The molecule has 0 radical (unpaired) electrons. The van der Waals surface area contributed by atoms with Crippen molar-refractivity contribution in [3.63, 3.8) is 0 Å². The standard InChI is InChI=1S/C11H11ClF4O/c1-17-7-2-3-8(10(13)6-7)9(12)4-5-11(14,15)16/h2-3,6,9H,4-5H2,1H3. The lowest BCUT2D eigenvalue weighted by atomic mass is 10.1. The molecular formula is C11H11ClF4O. The van der Waals surface area contributed by atoms with Crippen LogP contribution in [0.1, 0.15) is 23.8 Å². The molecule has 0 aliphatic carbocycles. The van der Waals surface area contributed by atoms with Gasteiger partial charge in [0.1, 0.15) is 11.6 Å². The number of hydrogen-bond donors (Lipinski definition) is 0. The van der Waals surface area contributed by atoms with Crippen LogP contribution >= 0.6 is 11.6 Å². The average Bonchev–Trinajstić information content (AvgIpc) is 2.24. The summed E-state index contributed by atoms with van der Waals surface area (Å²) < 4.78 is 54.2. The van der Waals surface area contributed by atoms with E-state index in [9.17, 15) is 17.6 Å². The van der Waals surface area contributed by atoms with E-state index in [0.717, 1.165) is 6.07 Å². The first-order valence-electron chi connectivity index (χ1n) is 4.88. The third kappa shape index (κ3) is 4.42. The topological polar surface area (TPSA) is 9.23 Å². The Kier molecular flexibility index (Phi) is 4.62. The van der Waals surface area contributed by atoms with Crippen molar-refractivity contribution >= 4 is 11.6 Å². The fourth-order valence-electron chi connectivity index (χ4n) is 1.33. The van der Waals surface area contributed by atoms with E-state index < -0.39 is 23.8 Å². The van der Waals surface area contributed by atoms with Gasteiger partial charge in [-0.3, -0.25) is 0 Å². The molecule has 1 atom stereocenters. The lowest BCUT2D eigenvalue weighted by molar-refractivity contribution is -0.135. The number of benzene rings is 1. The van der Waals surface area contributed by atoms with Crippen molar-refractivity contribution < 1.29 is 22.3 Å². The summed E-state index contributed by atoms with van der Waals surface area (Å²) in [5.41, 5.74) is 0.0525. The molecule has 96 valence electrons. The van der Waals surface area contributed by atoms with Crippen molar-refractivity contribution in [3.8, 4) is 5.75 Å². The molecule has 0 aliphatic rings. The number of hydrogen-bond acceptors (Lipinski definition) is 1. The van der Waals surface area contributed by atoms with E-state index in [-0.39, 0.29) is 12.0 Å². The fourth-order valence-corrected chi connectivity index (χ4v) is 1.62. The number of methoxy groups -OCH3 is 1. The zero-order valence-electron chi connectivity index (χ0n) is 9.02. The van der Waals surface area contributed by atoms with Gasteiger partial charge in [-0.15, -0.1) is 11.6 Å². The maximum atomic E-state index is 13.5. The molecule has 1 nitrogen and oxygen atoms in total. The van der Waals surface area contributed by atoms with Crippen molar-refractivity contribution in [3.05, 3.63) is 29.6 Å². The number of ether oxygens (including phenoxy) is 1. The van der Waals surface area contributed by atoms with E-state index in [1.54, 1.807) is 0 Å². The Balaban J connectivity index is 2.72. The highest BCUT2D eigenvalue weighted by Gasteiger charge is 2.28. The largest absolute Gasteiger partial charge is 0.497 e. The minimum atomic E-state index is -4.28. The predicted octanol–water partition coefficient (Wildman–Crippen LogP) is 4.46. The summed E-state index contributed by atoms with van der Waals surface area (Å²) in [6, 6.07) is 3.89. The van der Waals surface area contributed by atoms with E-state index in [0.29, 0.717) is 5.75 Å². The molecule has 0 N–H and O–H groups in total. The molecule has 17 heavy (non-hydrogen) atoms. The zero-order chi connectivity index (χ0) is 13.1. The first-order valence-corrected chi connectivity index (χ1v) is 5.31. The van der Waals surface area contributed by atoms with Crippen LogP contribution < -0.4 is 4.74 Å². The monoisotopic (exact) mass is 270 g/mol. The molecule has 0 saturated carbocycles. The number of halogens is 5. The molecule has 1 unspecified atom stereocenters. The van der Waals surface area contributed by atoms with E-state index in [1.807, 2.05) is 0 Å². The molecule has 0 amide bonds. The third-order valence-electron chi connectivity index (χ3n) is 2.23. The van der Waals surface area contributed by atoms with Gasteiger partial charge in [0.15, 0.2) is 0 Å². The molecule has 0 spiro atoms. The Bertz CT molecular complexity index is 378. The van der Waals surface area contributed by atoms with Crippen molar-refractivity contribution in [2.45, 2.75) is 24.4 Å². The van der Waals surface area contributed by atoms with Crippen LogP contribution in [0.3, 0.4) is 0 Å².